The van der Waals surface area contributed by atoms with Crippen molar-refractivity contribution in [1.29, 1.82) is 0 Å². The van der Waals surface area contributed by atoms with Crippen LogP contribution in [-0.2, 0) is 9.53 Å². The lowest BCUT2D eigenvalue weighted by atomic mass is 10.0. The molecule has 3 amide bonds. The average molecular weight is 515 g/mol. The summed E-state index contributed by atoms with van der Waals surface area (Å²) in [5.41, 5.74) is 11.9. The summed E-state index contributed by atoms with van der Waals surface area (Å²) in [6.45, 7) is 0.394. The normalized spacial score (nSPS) is 11.6. The molecule has 10 nitrogen and oxygen atoms in total. The van der Waals surface area contributed by atoms with Crippen LogP contribution in [0.15, 0.2) is 48.5 Å². The van der Waals surface area contributed by atoms with Gasteiger partial charge in [0.15, 0.2) is 5.69 Å². The van der Waals surface area contributed by atoms with Crippen molar-refractivity contribution in [3.8, 4) is 0 Å². The lowest BCUT2D eigenvalue weighted by molar-refractivity contribution is -0.122. The minimum absolute atomic E-state index is 0.147. The summed E-state index contributed by atoms with van der Waals surface area (Å²) in [4.78, 5) is 41.8. The van der Waals surface area contributed by atoms with E-state index in [1.54, 1.807) is 30.3 Å². The number of nitrogens with two attached hydrogens (primary N) is 2. The smallest absolute Gasteiger partial charge is 0.273 e. The molecule has 0 saturated carbocycles. The summed E-state index contributed by atoms with van der Waals surface area (Å²) < 4.78 is 24.0. The van der Waals surface area contributed by atoms with E-state index in [4.69, 9.17) is 16.2 Å². The third kappa shape index (κ3) is 5.61. The molecule has 0 aliphatic rings. The van der Waals surface area contributed by atoms with Crippen molar-refractivity contribution in [3.05, 3.63) is 70.5 Å². The van der Waals surface area contributed by atoms with Crippen molar-refractivity contribution < 1.29 is 23.5 Å². The molecule has 2 aromatic carbocycles. The first-order valence-electron chi connectivity index (χ1n) is 10.8. The van der Waals surface area contributed by atoms with Gasteiger partial charge in [-0.2, -0.15) is 4.37 Å². The van der Waals surface area contributed by atoms with Crippen LogP contribution in [0.2, 0.25) is 0 Å². The Labute approximate surface area is 211 Å². The van der Waals surface area contributed by atoms with Crippen molar-refractivity contribution >= 4 is 46.3 Å². The molecule has 0 unspecified atom stereocenters. The van der Waals surface area contributed by atoms with Crippen LogP contribution in [-0.4, -0.2) is 56.5 Å². The number of nitrogen functional groups attached to an aromatic ring is 1. The first kappa shape index (κ1) is 26.6. The Bertz CT molecular complexity index is 1250. The van der Waals surface area contributed by atoms with Crippen LogP contribution in [0.1, 0.15) is 31.8 Å². The topological polar surface area (TPSA) is 144 Å². The molecule has 36 heavy (non-hydrogen) atoms. The highest BCUT2D eigenvalue weighted by atomic mass is 32.1. The van der Waals surface area contributed by atoms with Crippen molar-refractivity contribution in [2.45, 2.75) is 6.04 Å². The number of halogens is 1. The van der Waals surface area contributed by atoms with Crippen molar-refractivity contribution in [2.75, 3.05) is 49.9 Å². The van der Waals surface area contributed by atoms with Gasteiger partial charge >= 0.3 is 0 Å². The number of nitrogens with zero attached hydrogens (tertiary/aromatic N) is 3. The summed E-state index contributed by atoms with van der Waals surface area (Å²) >= 11 is 0.646. The molecule has 12 heteroatoms. The Morgan fingerprint density at radius 2 is 1.81 bits per heavy atom. The molecule has 1 heterocycles. The number of nitrogens with one attached hydrogen (secondary N) is 1. The number of hydrogen-bond acceptors (Lipinski definition) is 8. The summed E-state index contributed by atoms with van der Waals surface area (Å²) in [7, 11) is 5.21. The first-order chi connectivity index (χ1) is 17.2. The van der Waals surface area contributed by atoms with E-state index in [9.17, 15) is 14.4 Å². The average Bonchev–Trinajstić information content (AvgIpc) is 3.24. The van der Waals surface area contributed by atoms with Crippen molar-refractivity contribution in [1.82, 2.24) is 9.69 Å². The number of ether oxygens (including phenoxy) is 1. The van der Waals surface area contributed by atoms with E-state index in [1.807, 2.05) is 19.0 Å². The fourth-order valence-corrected chi connectivity index (χ4v) is 4.24. The number of carbonyl (C=O) groups excluding carboxylic acids is 3. The highest BCUT2D eigenvalue weighted by Gasteiger charge is 2.37. The van der Waals surface area contributed by atoms with E-state index < -0.39 is 29.6 Å². The second-order valence-electron chi connectivity index (χ2n) is 7.94. The molecular formula is C24H27FN6O4S. The van der Waals surface area contributed by atoms with E-state index in [0.717, 1.165) is 10.6 Å². The number of anilines is 3. The summed E-state index contributed by atoms with van der Waals surface area (Å²) in [5, 5.41) is 2.73. The molecule has 0 saturated heterocycles. The fraction of sp³-hybridized carbons (Fsp3) is 0.250. The zero-order valence-corrected chi connectivity index (χ0v) is 20.8. The SMILES string of the molecule is COCCNC(=O)[C@@H](c1ccc(N(C)C)cc1)N(C(=O)c1snc(C(N)=O)c1N)c1ccccc1F. The van der Waals surface area contributed by atoms with Gasteiger partial charge in [0, 0.05) is 33.4 Å². The number of amides is 3. The lowest BCUT2D eigenvalue weighted by Gasteiger charge is -2.31. The number of primary amides is 1. The summed E-state index contributed by atoms with van der Waals surface area (Å²) in [6, 6.07) is 11.2. The van der Waals surface area contributed by atoms with E-state index in [-0.39, 0.29) is 35.1 Å². The van der Waals surface area contributed by atoms with Gasteiger partial charge in [0.2, 0.25) is 5.91 Å². The van der Waals surface area contributed by atoms with Gasteiger partial charge in [-0.1, -0.05) is 24.3 Å². The number of hydrogen-bond donors (Lipinski definition) is 3. The molecule has 1 aromatic heterocycles. The van der Waals surface area contributed by atoms with Crippen LogP contribution in [0.4, 0.5) is 21.5 Å². The minimum Gasteiger partial charge on any atom is -0.395 e. The predicted octanol–water partition coefficient (Wildman–Crippen LogP) is 2.18. The van der Waals surface area contributed by atoms with Crippen molar-refractivity contribution in [3.63, 3.8) is 0 Å². The van der Waals surface area contributed by atoms with E-state index in [0.29, 0.717) is 17.1 Å². The van der Waals surface area contributed by atoms with Crippen LogP contribution in [0.5, 0.6) is 0 Å². The zero-order valence-electron chi connectivity index (χ0n) is 20.0. The molecular weight excluding hydrogens is 487 g/mol. The van der Waals surface area contributed by atoms with Gasteiger partial charge in [-0.15, -0.1) is 0 Å². The number of para-hydroxylation sites is 1. The third-order valence-corrected chi connectivity index (χ3v) is 6.17. The maximum absolute atomic E-state index is 15.1. The van der Waals surface area contributed by atoms with Gasteiger partial charge in [-0.3, -0.25) is 19.3 Å². The molecule has 0 aliphatic carbocycles. The standard InChI is InChI=1S/C24H27FN6O4S/c1-30(2)15-10-8-14(9-11-15)20(23(33)28-12-13-35-3)31(17-7-5-4-6-16(17)25)24(34)21-18(26)19(22(27)32)29-36-21/h4-11,20H,12-13,26H2,1-3H3,(H2,27,32)(H,28,33)/t20-/m1/s1. The van der Waals surface area contributed by atoms with Crippen molar-refractivity contribution in [2.24, 2.45) is 5.73 Å². The number of methoxy groups -OCH3 is 1. The third-order valence-electron chi connectivity index (χ3n) is 5.32. The zero-order chi connectivity index (χ0) is 26.4. The molecule has 3 aromatic rings. The quantitative estimate of drug-likeness (QED) is 0.352. The molecule has 1 atom stereocenters. The Morgan fingerprint density at radius 3 is 2.36 bits per heavy atom. The van der Waals surface area contributed by atoms with E-state index in [1.165, 1.54) is 25.3 Å². The maximum atomic E-state index is 15.1. The van der Waals surface area contributed by atoms with Gasteiger partial charge < -0.3 is 26.4 Å². The van der Waals surface area contributed by atoms with Crippen LogP contribution < -0.4 is 26.6 Å². The predicted molar refractivity (Wildman–Crippen MR) is 137 cm³/mol. The fourth-order valence-electron chi connectivity index (χ4n) is 3.50. The molecule has 0 aliphatic heterocycles. The van der Waals surface area contributed by atoms with Gasteiger partial charge in [0.25, 0.3) is 11.8 Å². The second kappa shape index (κ2) is 11.6. The van der Waals surface area contributed by atoms with Crippen LogP contribution >= 0.6 is 11.5 Å². The maximum Gasteiger partial charge on any atom is 0.273 e. The number of carbonyl (C=O) groups is 3. The van der Waals surface area contributed by atoms with Gasteiger partial charge in [-0.05, 0) is 41.4 Å². The molecule has 0 bridgehead atoms. The highest BCUT2D eigenvalue weighted by molar-refractivity contribution is 7.09. The monoisotopic (exact) mass is 514 g/mol. The number of rotatable bonds is 10. The molecule has 0 spiro atoms. The molecule has 0 radical (unpaired) electrons. The summed E-state index contributed by atoms with van der Waals surface area (Å²) in [6.07, 6.45) is 0. The van der Waals surface area contributed by atoms with Crippen LogP contribution in [0.3, 0.4) is 0 Å². The largest absolute Gasteiger partial charge is 0.395 e. The Hall–Kier alpha value is -4.03. The van der Waals surface area contributed by atoms with Gasteiger partial charge in [0.1, 0.15) is 16.7 Å². The highest BCUT2D eigenvalue weighted by Crippen LogP contribution is 2.34. The first-order valence-corrected chi connectivity index (χ1v) is 11.6. The Balaban J connectivity index is 2.20. The Morgan fingerprint density at radius 1 is 1.14 bits per heavy atom. The molecule has 0 fully saturated rings. The lowest BCUT2D eigenvalue weighted by Crippen LogP contribution is -2.45. The van der Waals surface area contributed by atoms with E-state index >= 15 is 4.39 Å². The van der Waals surface area contributed by atoms with Crippen LogP contribution in [0.25, 0.3) is 0 Å². The molecule has 190 valence electrons. The number of benzene rings is 2. The molecule has 3 rings (SSSR count). The summed E-state index contributed by atoms with van der Waals surface area (Å²) in [5.74, 6) is -3.03. The van der Waals surface area contributed by atoms with Gasteiger partial charge in [0.05, 0.1) is 18.0 Å². The van der Waals surface area contributed by atoms with E-state index in [2.05, 4.69) is 9.69 Å². The minimum atomic E-state index is -1.29. The second-order valence-corrected chi connectivity index (χ2v) is 8.71. The van der Waals surface area contributed by atoms with Gasteiger partial charge in [-0.25, -0.2) is 4.39 Å². The van der Waals surface area contributed by atoms with Crippen LogP contribution in [0, 0.1) is 5.82 Å². The Kier molecular flexibility index (Phi) is 8.56. The molecule has 5 N–H and O–H groups in total. The number of aromatic nitrogens is 1.